The van der Waals surface area contributed by atoms with E-state index in [1.165, 1.54) is 57.8 Å². The number of allylic oxidation sites excluding steroid dienone is 2. The molecular formula is C20H38NaO5S+. The van der Waals surface area contributed by atoms with Crippen molar-refractivity contribution in [2.75, 3.05) is 12.4 Å². The first-order valence-corrected chi connectivity index (χ1v) is 11.8. The monoisotopic (exact) mass is 413 g/mol. The van der Waals surface area contributed by atoms with E-state index in [-0.39, 0.29) is 36.2 Å². The van der Waals surface area contributed by atoms with Crippen molar-refractivity contribution in [1.82, 2.24) is 0 Å². The van der Waals surface area contributed by atoms with Gasteiger partial charge in [-0.2, -0.15) is 8.42 Å². The Morgan fingerprint density at radius 2 is 1.33 bits per heavy atom. The molecule has 0 saturated heterocycles. The minimum absolute atomic E-state index is 0. The topological polar surface area (TPSA) is 80.7 Å². The molecule has 0 fully saturated rings. The van der Waals surface area contributed by atoms with Crippen LogP contribution in [0.1, 0.15) is 96.8 Å². The number of carbonyl (C=O) groups is 1. The Balaban J connectivity index is 0. The first-order valence-electron chi connectivity index (χ1n) is 10.2. The van der Waals surface area contributed by atoms with E-state index in [1.54, 1.807) is 0 Å². The Morgan fingerprint density at radius 1 is 0.852 bits per heavy atom. The van der Waals surface area contributed by atoms with Gasteiger partial charge in [-0.05, 0) is 32.1 Å². The van der Waals surface area contributed by atoms with Gasteiger partial charge in [-0.25, -0.2) is 0 Å². The predicted molar refractivity (Wildman–Crippen MR) is 107 cm³/mol. The van der Waals surface area contributed by atoms with Crippen LogP contribution in [0.5, 0.6) is 0 Å². The summed E-state index contributed by atoms with van der Waals surface area (Å²) in [5.41, 5.74) is 0. The molecule has 0 amide bonds. The molecule has 154 valence electrons. The van der Waals surface area contributed by atoms with Crippen molar-refractivity contribution in [1.29, 1.82) is 0 Å². The van der Waals surface area contributed by atoms with Crippen LogP contribution in [0.2, 0.25) is 0 Å². The Kier molecular flexibility index (Phi) is 22.6. The molecule has 0 radical (unpaired) electrons. The maximum absolute atomic E-state index is 11.4. The van der Waals surface area contributed by atoms with E-state index in [1.807, 2.05) is 0 Å². The van der Waals surface area contributed by atoms with Gasteiger partial charge in [-0.3, -0.25) is 9.35 Å². The fourth-order valence-corrected chi connectivity index (χ4v) is 2.97. The summed E-state index contributed by atoms with van der Waals surface area (Å²) < 4.78 is 34.2. The molecule has 0 unspecified atom stereocenters. The quantitative estimate of drug-likeness (QED) is 0.123. The van der Waals surface area contributed by atoms with Crippen LogP contribution in [-0.4, -0.2) is 31.3 Å². The number of rotatable bonds is 18. The van der Waals surface area contributed by atoms with E-state index in [4.69, 9.17) is 9.29 Å². The smallest absolute Gasteiger partial charge is 0.464 e. The maximum Gasteiger partial charge on any atom is 1.00 e. The summed E-state index contributed by atoms with van der Waals surface area (Å²) in [5.74, 6) is -0.934. The van der Waals surface area contributed by atoms with Gasteiger partial charge in [-0.1, -0.05) is 70.4 Å². The van der Waals surface area contributed by atoms with Crippen molar-refractivity contribution in [3.63, 3.8) is 0 Å². The number of unbranched alkanes of at least 4 members (excludes halogenated alkanes) is 11. The number of esters is 1. The maximum atomic E-state index is 11.4. The second kappa shape index (κ2) is 20.8. The number of hydrogen-bond donors (Lipinski definition) is 1. The molecule has 0 bridgehead atoms. The van der Waals surface area contributed by atoms with Gasteiger partial charge in [0.1, 0.15) is 12.4 Å². The summed E-state index contributed by atoms with van der Waals surface area (Å²) in [6.45, 7) is 1.97. The van der Waals surface area contributed by atoms with Crippen LogP contribution in [-0.2, 0) is 19.6 Å². The zero-order valence-electron chi connectivity index (χ0n) is 17.5. The van der Waals surface area contributed by atoms with Gasteiger partial charge in [-0.15, -0.1) is 0 Å². The molecule has 0 aromatic rings. The molecule has 0 atom stereocenters. The molecule has 1 N–H and O–H groups in total. The zero-order valence-corrected chi connectivity index (χ0v) is 20.3. The third-order valence-corrected chi connectivity index (χ3v) is 4.93. The van der Waals surface area contributed by atoms with Crippen molar-refractivity contribution in [2.45, 2.75) is 96.8 Å². The molecule has 0 heterocycles. The zero-order chi connectivity index (χ0) is 19.5. The van der Waals surface area contributed by atoms with Crippen LogP contribution in [0, 0.1) is 0 Å². The van der Waals surface area contributed by atoms with Crippen molar-refractivity contribution in [3.05, 3.63) is 12.2 Å². The predicted octanol–water partition coefficient (Wildman–Crippen LogP) is 2.46. The minimum Gasteiger partial charge on any atom is -0.464 e. The van der Waals surface area contributed by atoms with Gasteiger partial charge in [0.15, 0.2) is 0 Å². The largest absolute Gasteiger partial charge is 1.00 e. The third-order valence-electron chi connectivity index (χ3n) is 4.25. The SMILES string of the molecule is CCCCCCCC/C=C/CCCCCCCC(=O)OCCS(=O)(=O)O.[Na+]. The van der Waals surface area contributed by atoms with Gasteiger partial charge < -0.3 is 4.74 Å². The van der Waals surface area contributed by atoms with Crippen molar-refractivity contribution in [2.24, 2.45) is 0 Å². The summed E-state index contributed by atoms with van der Waals surface area (Å²) in [6.07, 6.45) is 20.5. The van der Waals surface area contributed by atoms with Crippen molar-refractivity contribution >= 4 is 16.1 Å². The summed E-state index contributed by atoms with van der Waals surface area (Å²) in [6, 6.07) is 0. The molecule has 0 aliphatic rings. The van der Waals surface area contributed by atoms with Crippen LogP contribution in [0.4, 0.5) is 0 Å². The van der Waals surface area contributed by atoms with E-state index in [2.05, 4.69) is 19.1 Å². The van der Waals surface area contributed by atoms with Gasteiger partial charge in [0.05, 0.1) is 0 Å². The summed E-state index contributed by atoms with van der Waals surface area (Å²) in [7, 11) is -4.05. The third kappa shape index (κ3) is 26.1. The second-order valence-corrected chi connectivity index (χ2v) is 8.41. The molecule has 0 aliphatic heterocycles. The van der Waals surface area contributed by atoms with E-state index in [9.17, 15) is 13.2 Å². The van der Waals surface area contributed by atoms with Crippen LogP contribution < -0.4 is 29.6 Å². The fraction of sp³-hybridized carbons (Fsp3) is 0.850. The Morgan fingerprint density at radius 3 is 1.85 bits per heavy atom. The van der Waals surface area contributed by atoms with Crippen molar-refractivity contribution < 1.29 is 52.1 Å². The van der Waals surface area contributed by atoms with E-state index >= 15 is 0 Å². The van der Waals surface area contributed by atoms with Crippen LogP contribution in [0.3, 0.4) is 0 Å². The molecule has 0 aromatic carbocycles. The summed E-state index contributed by atoms with van der Waals surface area (Å²) >= 11 is 0. The molecule has 5 nitrogen and oxygen atoms in total. The Labute approximate surface area is 188 Å². The van der Waals surface area contributed by atoms with Gasteiger partial charge in [0.25, 0.3) is 10.1 Å². The summed E-state index contributed by atoms with van der Waals surface area (Å²) in [4.78, 5) is 11.4. The average molecular weight is 414 g/mol. The molecule has 7 heteroatoms. The molecular weight excluding hydrogens is 375 g/mol. The molecule has 0 aromatic heterocycles. The second-order valence-electron chi connectivity index (χ2n) is 6.84. The molecule has 0 aliphatic carbocycles. The molecule has 0 spiro atoms. The first kappa shape index (κ1) is 29.3. The standard InChI is InChI=1S/C20H38O5S.Na/c1-2-3-4-5-6-7-8-9-10-11-12-13-14-15-16-17-20(21)25-18-19-26(22,23)24;/h9-10H,2-8,11-19H2,1H3,(H,22,23,24);/q;+1/b10-9+;. The van der Waals surface area contributed by atoms with Gasteiger partial charge >= 0.3 is 35.5 Å². The van der Waals surface area contributed by atoms with E-state index < -0.39 is 21.8 Å². The fourth-order valence-electron chi connectivity index (χ4n) is 2.67. The van der Waals surface area contributed by atoms with Crippen molar-refractivity contribution in [3.8, 4) is 0 Å². The number of carbonyl (C=O) groups excluding carboxylic acids is 1. The van der Waals surface area contributed by atoms with E-state index in [0.717, 1.165) is 25.7 Å². The minimum atomic E-state index is -4.05. The van der Waals surface area contributed by atoms with Crippen LogP contribution in [0.15, 0.2) is 12.2 Å². The first-order chi connectivity index (χ1) is 12.5. The van der Waals surface area contributed by atoms with E-state index in [0.29, 0.717) is 6.42 Å². The van der Waals surface area contributed by atoms with Gasteiger partial charge in [0, 0.05) is 6.42 Å². The molecule has 27 heavy (non-hydrogen) atoms. The average Bonchev–Trinajstić information content (AvgIpc) is 2.57. The van der Waals surface area contributed by atoms with Crippen LogP contribution >= 0.6 is 0 Å². The molecule has 0 saturated carbocycles. The van der Waals surface area contributed by atoms with Gasteiger partial charge in [0.2, 0.25) is 0 Å². The number of hydrogen-bond acceptors (Lipinski definition) is 4. The normalized spacial score (nSPS) is 11.5. The Hall–Kier alpha value is 0.120. The molecule has 0 rings (SSSR count). The van der Waals surface area contributed by atoms with Crippen LogP contribution in [0.25, 0.3) is 0 Å². The number of ether oxygens (including phenoxy) is 1. The Bertz CT molecular complexity index is 463. The summed E-state index contributed by atoms with van der Waals surface area (Å²) in [5, 5.41) is 0.